The van der Waals surface area contributed by atoms with E-state index in [2.05, 4.69) is 0 Å². The summed E-state index contributed by atoms with van der Waals surface area (Å²) in [5.74, 6) is 0.606. The van der Waals surface area contributed by atoms with Gasteiger partial charge >= 0.3 is 0 Å². The molecule has 3 nitrogen and oxygen atoms in total. The predicted octanol–water partition coefficient (Wildman–Crippen LogP) is 4.55. The lowest BCUT2D eigenvalue weighted by Crippen LogP contribution is -1.99. The van der Waals surface area contributed by atoms with Crippen LogP contribution in [0.3, 0.4) is 0 Å². The Morgan fingerprint density at radius 1 is 0.870 bits per heavy atom. The van der Waals surface area contributed by atoms with Crippen molar-refractivity contribution < 1.29 is 9.15 Å². The molecule has 114 valence electrons. The van der Waals surface area contributed by atoms with Gasteiger partial charge in [0.05, 0.1) is 11.6 Å². The molecular weight excluding hydrogens is 288 g/mol. The third kappa shape index (κ3) is 3.77. The molecule has 0 bridgehead atoms. The van der Waals surface area contributed by atoms with Crippen LogP contribution in [0.25, 0.3) is 22.3 Å². The summed E-state index contributed by atoms with van der Waals surface area (Å²) in [5.41, 5.74) is 1.53. The van der Waals surface area contributed by atoms with Crippen LogP contribution in [0.1, 0.15) is 0 Å². The van der Waals surface area contributed by atoms with E-state index in [1.807, 2.05) is 66.8 Å². The van der Waals surface area contributed by atoms with Gasteiger partial charge < -0.3 is 9.15 Å². The Labute approximate surface area is 134 Å². The van der Waals surface area contributed by atoms with Crippen molar-refractivity contribution in [3.05, 3.63) is 95.4 Å². The zero-order chi connectivity index (χ0) is 15.9. The fraction of sp³-hybridized carbons (Fsp3) is 0.0500. The molecule has 0 saturated heterocycles. The molecule has 1 aromatic heterocycles. The molecule has 1 aliphatic heterocycles. The maximum Gasteiger partial charge on any atom is 0.193 e. The van der Waals surface area contributed by atoms with Crippen molar-refractivity contribution in [2.45, 2.75) is 0 Å². The van der Waals surface area contributed by atoms with E-state index in [1.54, 1.807) is 12.3 Å². The summed E-state index contributed by atoms with van der Waals surface area (Å²) in [6.45, 7) is 0.733. The number of para-hydroxylation sites is 1. The second-order valence-corrected chi connectivity index (χ2v) is 4.93. The number of fused-ring (bicyclic) bond motifs is 1. The Hall–Kier alpha value is -3.07. The van der Waals surface area contributed by atoms with Gasteiger partial charge in [-0.2, -0.15) is 0 Å². The average Bonchev–Trinajstić information content (AvgIpc) is 2.64. The second kappa shape index (κ2) is 7.27. The molecule has 0 fully saturated rings. The first-order chi connectivity index (χ1) is 11.3. The number of hydrogen-bond donors (Lipinski definition) is 0. The van der Waals surface area contributed by atoms with E-state index >= 15 is 0 Å². The highest BCUT2D eigenvalue weighted by molar-refractivity contribution is 5.78. The first-order valence-corrected chi connectivity index (χ1v) is 7.36. The van der Waals surface area contributed by atoms with Gasteiger partial charge in [-0.3, -0.25) is 4.79 Å². The summed E-state index contributed by atoms with van der Waals surface area (Å²) in [6, 6.07) is 18.4. The summed E-state index contributed by atoms with van der Waals surface area (Å²) in [5, 5.41) is 0.618. The molecule has 0 spiro atoms. The van der Waals surface area contributed by atoms with Crippen molar-refractivity contribution in [1.29, 1.82) is 0 Å². The standard InChI is InChI=1S/C15H10O2.C5H6O/c16-13-10-15(11-6-2-1-3-7-11)17-14-9-5-4-8-12(13)14;1-2-4-6-5-3-1/h1-10H;1-4H,5H2. The van der Waals surface area contributed by atoms with Gasteiger partial charge in [-0.05, 0) is 24.3 Å². The first kappa shape index (κ1) is 14.9. The SMILES string of the molecule is C1=CCOC=C1.O=c1cc(-c2ccccc2)oc2ccccc12. The van der Waals surface area contributed by atoms with Crippen LogP contribution >= 0.6 is 0 Å². The smallest absolute Gasteiger partial charge is 0.193 e. The second-order valence-electron chi connectivity index (χ2n) is 4.93. The molecule has 23 heavy (non-hydrogen) atoms. The minimum absolute atomic E-state index is 0.00861. The normalized spacial score (nSPS) is 12.3. The highest BCUT2D eigenvalue weighted by Crippen LogP contribution is 2.21. The van der Waals surface area contributed by atoms with Gasteiger partial charge in [-0.15, -0.1) is 0 Å². The maximum absolute atomic E-state index is 11.9. The number of allylic oxidation sites excluding steroid dienone is 2. The predicted molar refractivity (Wildman–Crippen MR) is 92.2 cm³/mol. The highest BCUT2D eigenvalue weighted by Gasteiger charge is 2.05. The highest BCUT2D eigenvalue weighted by atomic mass is 16.5. The number of ether oxygens (including phenoxy) is 1. The number of benzene rings is 2. The van der Waals surface area contributed by atoms with E-state index in [9.17, 15) is 4.79 Å². The minimum Gasteiger partial charge on any atom is -0.497 e. The van der Waals surface area contributed by atoms with Gasteiger partial charge in [0.1, 0.15) is 18.0 Å². The molecule has 0 unspecified atom stereocenters. The molecule has 4 rings (SSSR count). The lowest BCUT2D eigenvalue weighted by molar-refractivity contribution is 0.286. The van der Waals surface area contributed by atoms with E-state index in [-0.39, 0.29) is 5.43 Å². The molecular formula is C20H16O3. The van der Waals surface area contributed by atoms with E-state index in [1.165, 1.54) is 6.07 Å². The monoisotopic (exact) mass is 304 g/mol. The van der Waals surface area contributed by atoms with Crippen molar-refractivity contribution in [3.63, 3.8) is 0 Å². The topological polar surface area (TPSA) is 39.4 Å². The van der Waals surface area contributed by atoms with Gasteiger partial charge in [0.15, 0.2) is 5.43 Å². The Bertz CT molecular complexity index is 877. The fourth-order valence-electron chi connectivity index (χ4n) is 2.19. The Morgan fingerprint density at radius 3 is 2.30 bits per heavy atom. The molecule has 1 aliphatic rings. The molecule has 0 N–H and O–H groups in total. The van der Waals surface area contributed by atoms with Gasteiger partial charge in [0.25, 0.3) is 0 Å². The molecule has 3 heteroatoms. The van der Waals surface area contributed by atoms with Crippen molar-refractivity contribution >= 4 is 11.0 Å². The zero-order valence-corrected chi connectivity index (χ0v) is 12.5. The van der Waals surface area contributed by atoms with E-state index in [0.29, 0.717) is 16.7 Å². The van der Waals surface area contributed by atoms with Crippen LogP contribution in [0, 0.1) is 0 Å². The van der Waals surface area contributed by atoms with Gasteiger partial charge in [0.2, 0.25) is 0 Å². The number of rotatable bonds is 1. The van der Waals surface area contributed by atoms with Crippen LogP contribution in [0.5, 0.6) is 0 Å². The van der Waals surface area contributed by atoms with Crippen LogP contribution < -0.4 is 5.43 Å². The summed E-state index contributed by atoms with van der Waals surface area (Å²) < 4.78 is 10.5. The third-order valence-electron chi connectivity index (χ3n) is 3.31. The maximum atomic E-state index is 11.9. The van der Waals surface area contributed by atoms with Crippen LogP contribution in [0.2, 0.25) is 0 Å². The molecule has 3 aromatic rings. The number of hydrogen-bond acceptors (Lipinski definition) is 3. The average molecular weight is 304 g/mol. The lowest BCUT2D eigenvalue weighted by Gasteiger charge is -2.02. The van der Waals surface area contributed by atoms with Crippen molar-refractivity contribution in [2.75, 3.05) is 6.61 Å². The zero-order valence-electron chi connectivity index (χ0n) is 12.5. The minimum atomic E-state index is -0.00861. The molecule has 2 heterocycles. The van der Waals surface area contributed by atoms with Gasteiger partial charge in [0, 0.05) is 11.6 Å². The summed E-state index contributed by atoms with van der Waals surface area (Å²) in [6.07, 6.45) is 7.47. The fourth-order valence-corrected chi connectivity index (χ4v) is 2.19. The summed E-state index contributed by atoms with van der Waals surface area (Å²) in [7, 11) is 0. The van der Waals surface area contributed by atoms with Crippen LogP contribution in [-0.4, -0.2) is 6.61 Å². The van der Waals surface area contributed by atoms with Crippen molar-refractivity contribution in [1.82, 2.24) is 0 Å². The Balaban J connectivity index is 0.000000220. The van der Waals surface area contributed by atoms with Crippen molar-refractivity contribution in [2.24, 2.45) is 0 Å². The van der Waals surface area contributed by atoms with Crippen LogP contribution in [-0.2, 0) is 4.74 Å². The van der Waals surface area contributed by atoms with E-state index in [0.717, 1.165) is 12.2 Å². The Morgan fingerprint density at radius 2 is 1.65 bits per heavy atom. The lowest BCUT2D eigenvalue weighted by atomic mass is 10.1. The van der Waals surface area contributed by atoms with Crippen LogP contribution in [0.15, 0.2) is 94.4 Å². The summed E-state index contributed by atoms with van der Waals surface area (Å²) >= 11 is 0. The Kier molecular flexibility index (Phi) is 4.69. The molecule has 0 atom stereocenters. The van der Waals surface area contributed by atoms with Gasteiger partial charge in [-0.1, -0.05) is 48.5 Å². The molecule has 0 radical (unpaired) electrons. The molecule has 2 aromatic carbocycles. The van der Waals surface area contributed by atoms with E-state index in [4.69, 9.17) is 9.15 Å². The van der Waals surface area contributed by atoms with Gasteiger partial charge in [-0.25, -0.2) is 0 Å². The third-order valence-corrected chi connectivity index (χ3v) is 3.31. The quantitative estimate of drug-likeness (QED) is 0.662. The van der Waals surface area contributed by atoms with E-state index < -0.39 is 0 Å². The molecule has 0 amide bonds. The first-order valence-electron chi connectivity index (χ1n) is 7.36. The largest absolute Gasteiger partial charge is 0.497 e. The van der Waals surface area contributed by atoms with Crippen molar-refractivity contribution in [3.8, 4) is 11.3 Å². The molecule has 0 saturated carbocycles. The molecule has 0 aliphatic carbocycles. The van der Waals surface area contributed by atoms with Crippen LogP contribution in [0.4, 0.5) is 0 Å². The summed E-state index contributed by atoms with van der Waals surface area (Å²) in [4.78, 5) is 11.9.